The molecule has 2 heterocycles. The number of nitrogens with two attached hydrogens (primary N) is 1. The number of pyridine rings is 1. The Hall–Kier alpha value is -3.27. The summed E-state index contributed by atoms with van der Waals surface area (Å²) >= 11 is 6.39. The number of hydrogen-bond donors (Lipinski definition) is 2. The van der Waals surface area contributed by atoms with Crippen LogP contribution in [0.25, 0.3) is 22.8 Å². The van der Waals surface area contributed by atoms with Gasteiger partial charge in [0.1, 0.15) is 11.6 Å². The van der Waals surface area contributed by atoms with E-state index in [-0.39, 0.29) is 34.2 Å². The van der Waals surface area contributed by atoms with E-state index in [4.69, 9.17) is 17.3 Å². The first-order valence-electron chi connectivity index (χ1n) is 9.22. The molecule has 0 aliphatic carbocycles. The third-order valence-electron chi connectivity index (χ3n) is 4.80. The van der Waals surface area contributed by atoms with Crippen molar-refractivity contribution in [1.29, 1.82) is 0 Å². The molecule has 168 valence electrons. The first kappa shape index (κ1) is 23.4. The normalized spacial score (nSPS) is 12.1. The van der Waals surface area contributed by atoms with Crippen molar-refractivity contribution in [3.63, 3.8) is 0 Å². The summed E-state index contributed by atoms with van der Waals surface area (Å²) < 4.78 is 53.0. The molecule has 0 aliphatic heterocycles. The monoisotopic (exact) mass is 468 g/mol. The van der Waals surface area contributed by atoms with Gasteiger partial charge in [-0.3, -0.25) is 14.6 Å². The van der Waals surface area contributed by atoms with Crippen LogP contribution in [0.3, 0.4) is 0 Å². The zero-order valence-electron chi connectivity index (χ0n) is 16.8. The van der Waals surface area contributed by atoms with E-state index in [2.05, 4.69) is 15.0 Å². The first-order valence-corrected chi connectivity index (χ1v) is 9.59. The Bertz CT molecular complexity index is 1240. The number of carbonyl (C=O) groups is 1. The number of H-pyrrole nitrogens is 1. The number of primary amides is 1. The molecule has 0 radical (unpaired) electrons. The number of aromatic amines is 1. The van der Waals surface area contributed by atoms with Crippen molar-refractivity contribution in [2.75, 3.05) is 0 Å². The highest BCUT2D eigenvalue weighted by Crippen LogP contribution is 2.35. The Morgan fingerprint density at radius 3 is 2.41 bits per heavy atom. The number of nitrogens with one attached hydrogen (secondary N) is 1. The molecule has 0 fully saturated rings. The Morgan fingerprint density at radius 2 is 1.84 bits per heavy atom. The fraction of sp³-hybridized carbons (Fsp3) is 0.238. The average molecular weight is 469 g/mol. The lowest BCUT2D eigenvalue weighted by atomic mass is 9.84. The molecule has 2 aromatic heterocycles. The van der Waals surface area contributed by atoms with Crippen molar-refractivity contribution in [2.24, 2.45) is 11.1 Å². The van der Waals surface area contributed by atoms with Crippen LogP contribution in [-0.4, -0.2) is 20.9 Å². The third-order valence-corrected chi connectivity index (χ3v) is 5.23. The highest BCUT2D eigenvalue weighted by atomic mass is 35.5. The van der Waals surface area contributed by atoms with Crippen LogP contribution in [0.5, 0.6) is 0 Å². The van der Waals surface area contributed by atoms with Gasteiger partial charge in [-0.1, -0.05) is 31.5 Å². The number of halogens is 5. The van der Waals surface area contributed by atoms with Gasteiger partial charge in [-0.2, -0.15) is 13.2 Å². The van der Waals surface area contributed by atoms with Crippen LogP contribution < -0.4 is 11.3 Å². The topological polar surface area (TPSA) is 102 Å². The zero-order valence-corrected chi connectivity index (χ0v) is 17.6. The number of nitrogens with zero attached hydrogens (tertiary/aromatic N) is 2. The van der Waals surface area contributed by atoms with Gasteiger partial charge in [0.05, 0.1) is 27.5 Å². The van der Waals surface area contributed by atoms with Gasteiger partial charge in [-0.15, -0.1) is 0 Å². The van der Waals surface area contributed by atoms with Crippen LogP contribution in [0.4, 0.5) is 17.6 Å². The number of rotatable bonds is 5. The molecule has 6 nitrogen and oxygen atoms in total. The van der Waals surface area contributed by atoms with Crippen LogP contribution in [0.2, 0.25) is 5.02 Å². The molecule has 0 saturated carbocycles. The molecule has 1 aromatic carbocycles. The van der Waals surface area contributed by atoms with Crippen LogP contribution in [0.15, 0.2) is 41.3 Å². The molecular formula is C21H17ClF4N4O2. The van der Waals surface area contributed by atoms with Gasteiger partial charge in [0.2, 0.25) is 5.91 Å². The number of benzene rings is 1. The van der Waals surface area contributed by atoms with E-state index in [1.165, 1.54) is 6.07 Å². The van der Waals surface area contributed by atoms with Gasteiger partial charge in [-0.05, 0) is 30.2 Å². The molecule has 3 rings (SSSR count). The van der Waals surface area contributed by atoms with Gasteiger partial charge in [-0.25, -0.2) is 9.37 Å². The van der Waals surface area contributed by atoms with Crippen molar-refractivity contribution in [3.8, 4) is 22.8 Å². The molecule has 1 amide bonds. The fourth-order valence-corrected chi connectivity index (χ4v) is 3.24. The molecule has 0 bridgehead atoms. The molecule has 32 heavy (non-hydrogen) atoms. The maximum absolute atomic E-state index is 14.7. The molecule has 0 unspecified atom stereocenters. The molecule has 0 saturated heterocycles. The molecule has 0 aliphatic rings. The van der Waals surface area contributed by atoms with Crippen LogP contribution in [0, 0.1) is 11.2 Å². The SMILES string of the molecule is CC(C)(Cc1ccc(F)c(-c2nc(-c3ccc(C(F)(F)F)cn3)cc(=O)[nH]2)c1Cl)C(N)=O. The van der Waals surface area contributed by atoms with E-state index >= 15 is 0 Å². The summed E-state index contributed by atoms with van der Waals surface area (Å²) in [5.41, 5.74) is 2.83. The van der Waals surface area contributed by atoms with Crippen molar-refractivity contribution >= 4 is 17.5 Å². The van der Waals surface area contributed by atoms with Gasteiger partial charge in [0.15, 0.2) is 0 Å². The summed E-state index contributed by atoms with van der Waals surface area (Å²) in [7, 11) is 0. The molecule has 0 spiro atoms. The van der Waals surface area contributed by atoms with E-state index in [9.17, 15) is 27.2 Å². The minimum absolute atomic E-state index is 0.0205. The van der Waals surface area contributed by atoms with Gasteiger partial charge in [0, 0.05) is 17.7 Å². The van der Waals surface area contributed by atoms with E-state index in [1.807, 2.05) is 0 Å². The highest BCUT2D eigenvalue weighted by Gasteiger charge is 2.31. The van der Waals surface area contributed by atoms with Crippen LogP contribution in [0.1, 0.15) is 25.0 Å². The average Bonchev–Trinajstić information content (AvgIpc) is 2.69. The maximum atomic E-state index is 14.7. The Kier molecular flexibility index (Phi) is 6.10. The van der Waals surface area contributed by atoms with Crippen LogP contribution in [-0.2, 0) is 17.4 Å². The van der Waals surface area contributed by atoms with E-state index in [1.54, 1.807) is 13.8 Å². The Balaban J connectivity index is 2.10. The lowest BCUT2D eigenvalue weighted by Gasteiger charge is -2.22. The molecular weight excluding hydrogens is 452 g/mol. The van der Waals surface area contributed by atoms with Crippen molar-refractivity contribution in [3.05, 3.63) is 68.8 Å². The van der Waals surface area contributed by atoms with Crippen molar-refractivity contribution in [1.82, 2.24) is 15.0 Å². The van der Waals surface area contributed by atoms with E-state index < -0.39 is 34.4 Å². The number of carbonyl (C=O) groups excluding carboxylic acids is 1. The summed E-state index contributed by atoms with van der Waals surface area (Å²) in [6.07, 6.45) is -3.87. The Labute approximate surface area is 184 Å². The molecule has 0 atom stereocenters. The lowest BCUT2D eigenvalue weighted by Crippen LogP contribution is -2.33. The molecule has 3 N–H and O–H groups in total. The summed E-state index contributed by atoms with van der Waals surface area (Å²) in [5, 5.41) is -0.0833. The second kappa shape index (κ2) is 8.34. The second-order valence-electron chi connectivity index (χ2n) is 7.73. The van der Waals surface area contributed by atoms with Gasteiger partial charge >= 0.3 is 6.18 Å². The fourth-order valence-electron chi connectivity index (χ4n) is 2.93. The summed E-state index contributed by atoms with van der Waals surface area (Å²) in [5.74, 6) is -1.62. The van der Waals surface area contributed by atoms with Crippen molar-refractivity contribution in [2.45, 2.75) is 26.4 Å². The maximum Gasteiger partial charge on any atom is 0.417 e. The van der Waals surface area contributed by atoms with E-state index in [0.29, 0.717) is 11.8 Å². The minimum Gasteiger partial charge on any atom is -0.369 e. The third kappa shape index (κ3) is 4.80. The predicted molar refractivity (Wildman–Crippen MR) is 110 cm³/mol. The lowest BCUT2D eigenvalue weighted by molar-refractivity contribution is -0.137. The number of amides is 1. The quantitative estimate of drug-likeness (QED) is 0.543. The largest absolute Gasteiger partial charge is 0.417 e. The number of hydrogen-bond acceptors (Lipinski definition) is 4. The minimum atomic E-state index is -4.58. The predicted octanol–water partition coefficient (Wildman–Crippen LogP) is 4.36. The van der Waals surface area contributed by atoms with Crippen molar-refractivity contribution < 1.29 is 22.4 Å². The van der Waals surface area contributed by atoms with E-state index in [0.717, 1.165) is 24.3 Å². The second-order valence-corrected chi connectivity index (χ2v) is 8.11. The summed E-state index contributed by atoms with van der Waals surface area (Å²) in [4.78, 5) is 34.1. The highest BCUT2D eigenvalue weighted by molar-refractivity contribution is 6.34. The summed E-state index contributed by atoms with van der Waals surface area (Å²) in [6.45, 7) is 3.21. The smallest absolute Gasteiger partial charge is 0.369 e. The number of aromatic nitrogens is 3. The zero-order chi connectivity index (χ0) is 23.8. The number of alkyl halides is 3. The standard InChI is InChI=1S/C21H17ClF4N4O2/c1-20(2,19(27)32)8-10-3-5-12(23)16(17(10)22)18-29-14(7-15(31)30-18)13-6-4-11(9-28-13)21(24,25)26/h3-7,9H,8H2,1-2H3,(H2,27,32)(H,29,30,31). The van der Waals surface area contributed by atoms with Gasteiger partial charge < -0.3 is 10.7 Å². The van der Waals surface area contributed by atoms with Crippen LogP contribution >= 0.6 is 11.6 Å². The Morgan fingerprint density at radius 1 is 1.16 bits per heavy atom. The van der Waals surface area contributed by atoms with Gasteiger partial charge in [0.25, 0.3) is 5.56 Å². The molecule has 11 heteroatoms. The first-order chi connectivity index (χ1) is 14.8. The summed E-state index contributed by atoms with van der Waals surface area (Å²) in [6, 6.07) is 5.37. The molecule has 3 aromatic rings.